The van der Waals surface area contributed by atoms with Gasteiger partial charge in [-0.25, -0.2) is 4.39 Å². The fraction of sp³-hybridized carbons (Fsp3) is 0.125. The van der Waals surface area contributed by atoms with Crippen LogP contribution in [-0.2, 0) is 0 Å². The third kappa shape index (κ3) is 3.45. The summed E-state index contributed by atoms with van der Waals surface area (Å²) in [6.45, 7) is 1.47. The highest BCUT2D eigenvalue weighted by Crippen LogP contribution is 2.19. The third-order valence-electron chi connectivity index (χ3n) is 2.96. The molecule has 0 aliphatic rings. The molecule has 108 valence electrons. The summed E-state index contributed by atoms with van der Waals surface area (Å²) in [6, 6.07) is 10.4. The lowest BCUT2D eigenvalue weighted by atomic mass is 10.1. The Morgan fingerprint density at radius 3 is 2.24 bits per heavy atom. The molecule has 4 nitrogen and oxygen atoms in total. The highest BCUT2D eigenvalue weighted by molar-refractivity contribution is 6.04. The number of carbonyl (C=O) groups excluding carboxylic acids is 2. The molecular formula is C16H14FNO3. The number of ketones is 1. The van der Waals surface area contributed by atoms with E-state index in [4.69, 9.17) is 4.74 Å². The second kappa shape index (κ2) is 6.17. The van der Waals surface area contributed by atoms with Crippen molar-refractivity contribution in [3.8, 4) is 5.75 Å². The van der Waals surface area contributed by atoms with Gasteiger partial charge in [-0.3, -0.25) is 9.59 Å². The smallest absolute Gasteiger partial charge is 0.255 e. The van der Waals surface area contributed by atoms with Gasteiger partial charge < -0.3 is 10.1 Å². The Morgan fingerprint density at radius 2 is 1.67 bits per heavy atom. The van der Waals surface area contributed by atoms with E-state index in [0.717, 1.165) is 0 Å². The van der Waals surface area contributed by atoms with Crippen molar-refractivity contribution in [2.45, 2.75) is 6.92 Å². The first kappa shape index (κ1) is 14.7. The molecule has 1 amide bonds. The Hall–Kier alpha value is -2.69. The lowest BCUT2D eigenvalue weighted by Gasteiger charge is -2.08. The minimum absolute atomic E-state index is 0.00887. The summed E-state index contributed by atoms with van der Waals surface area (Å²) in [6.07, 6.45) is 0. The number of anilines is 1. The minimum Gasteiger partial charge on any atom is -0.494 e. The number of hydrogen-bond donors (Lipinski definition) is 1. The maximum absolute atomic E-state index is 13.3. The normalized spacial score (nSPS) is 10.0. The van der Waals surface area contributed by atoms with Crippen LogP contribution < -0.4 is 10.1 Å². The summed E-state index contributed by atoms with van der Waals surface area (Å²) in [5.41, 5.74) is 1.40. The van der Waals surface area contributed by atoms with Gasteiger partial charge in [-0.1, -0.05) is 0 Å². The third-order valence-corrected chi connectivity index (χ3v) is 2.96. The van der Waals surface area contributed by atoms with Crippen molar-refractivity contribution in [2.75, 3.05) is 12.4 Å². The van der Waals surface area contributed by atoms with E-state index < -0.39 is 5.82 Å². The Bertz CT molecular complexity index is 680. The van der Waals surface area contributed by atoms with Crippen LogP contribution in [0, 0.1) is 5.82 Å². The molecule has 2 aromatic rings. The van der Waals surface area contributed by atoms with Crippen LogP contribution in [0.2, 0.25) is 0 Å². The molecule has 0 aliphatic carbocycles. The number of halogens is 1. The Balaban J connectivity index is 2.15. The van der Waals surface area contributed by atoms with Gasteiger partial charge in [0.25, 0.3) is 5.91 Å². The summed E-state index contributed by atoms with van der Waals surface area (Å²) >= 11 is 0. The van der Waals surface area contributed by atoms with Crippen LogP contribution >= 0.6 is 0 Å². The molecule has 2 rings (SSSR count). The molecule has 0 bridgehead atoms. The van der Waals surface area contributed by atoms with Crippen LogP contribution in [0.4, 0.5) is 10.1 Å². The van der Waals surface area contributed by atoms with Crippen molar-refractivity contribution in [3.63, 3.8) is 0 Å². The summed E-state index contributed by atoms with van der Waals surface area (Å²) in [5.74, 6) is -0.950. The van der Waals surface area contributed by atoms with E-state index in [2.05, 4.69) is 5.32 Å². The highest BCUT2D eigenvalue weighted by Gasteiger charge is 2.10. The number of nitrogens with one attached hydrogen (secondary N) is 1. The van der Waals surface area contributed by atoms with E-state index in [1.54, 1.807) is 24.3 Å². The van der Waals surface area contributed by atoms with E-state index in [1.165, 1.54) is 32.2 Å². The SMILES string of the molecule is COc1cc(C(=O)Nc2ccc(C(C)=O)cc2)ccc1F. The van der Waals surface area contributed by atoms with Crippen LogP contribution in [-0.4, -0.2) is 18.8 Å². The maximum atomic E-state index is 13.3. The molecule has 0 unspecified atom stereocenters. The summed E-state index contributed by atoms with van der Waals surface area (Å²) in [7, 11) is 1.33. The van der Waals surface area contributed by atoms with Crippen LogP contribution in [0.3, 0.4) is 0 Å². The van der Waals surface area contributed by atoms with Crippen molar-refractivity contribution in [1.82, 2.24) is 0 Å². The quantitative estimate of drug-likeness (QED) is 0.878. The number of Topliss-reactive ketones (excluding diaryl/α,β-unsaturated/α-hetero) is 1. The molecule has 0 radical (unpaired) electrons. The summed E-state index contributed by atoms with van der Waals surface area (Å²) < 4.78 is 18.1. The van der Waals surface area contributed by atoms with E-state index in [0.29, 0.717) is 11.3 Å². The fourth-order valence-corrected chi connectivity index (χ4v) is 1.79. The molecule has 0 heterocycles. The average molecular weight is 287 g/mol. The zero-order chi connectivity index (χ0) is 15.4. The first-order valence-corrected chi connectivity index (χ1v) is 6.27. The van der Waals surface area contributed by atoms with Gasteiger partial charge >= 0.3 is 0 Å². The zero-order valence-electron chi connectivity index (χ0n) is 11.6. The summed E-state index contributed by atoms with van der Waals surface area (Å²) in [4.78, 5) is 23.2. The molecular weight excluding hydrogens is 273 g/mol. The van der Waals surface area contributed by atoms with Gasteiger partial charge in [-0.2, -0.15) is 0 Å². The van der Waals surface area contributed by atoms with Crippen LogP contribution in [0.1, 0.15) is 27.6 Å². The fourth-order valence-electron chi connectivity index (χ4n) is 1.79. The van der Waals surface area contributed by atoms with Gasteiger partial charge in [0.15, 0.2) is 17.3 Å². The molecule has 0 saturated carbocycles. The Labute approximate surface area is 121 Å². The minimum atomic E-state index is -0.528. The van der Waals surface area contributed by atoms with Crippen LogP contribution in [0.5, 0.6) is 5.75 Å². The van der Waals surface area contributed by atoms with E-state index in [-0.39, 0.29) is 23.0 Å². The maximum Gasteiger partial charge on any atom is 0.255 e. The molecule has 2 aromatic carbocycles. The molecule has 21 heavy (non-hydrogen) atoms. The van der Waals surface area contributed by atoms with Crippen molar-refractivity contribution < 1.29 is 18.7 Å². The van der Waals surface area contributed by atoms with Crippen molar-refractivity contribution in [3.05, 3.63) is 59.4 Å². The molecule has 0 aromatic heterocycles. The number of benzene rings is 2. The van der Waals surface area contributed by atoms with Crippen LogP contribution in [0.15, 0.2) is 42.5 Å². The molecule has 0 aliphatic heterocycles. The Kier molecular flexibility index (Phi) is 4.33. The lowest BCUT2D eigenvalue weighted by molar-refractivity contribution is 0.101. The largest absolute Gasteiger partial charge is 0.494 e. The second-order valence-electron chi connectivity index (χ2n) is 4.44. The van der Waals surface area contributed by atoms with Crippen LogP contribution in [0.25, 0.3) is 0 Å². The second-order valence-corrected chi connectivity index (χ2v) is 4.44. The monoisotopic (exact) mass is 287 g/mol. The van der Waals surface area contributed by atoms with Crippen molar-refractivity contribution in [2.24, 2.45) is 0 Å². The van der Waals surface area contributed by atoms with Gasteiger partial charge in [0.2, 0.25) is 0 Å². The molecule has 5 heteroatoms. The number of rotatable bonds is 4. The Morgan fingerprint density at radius 1 is 1.05 bits per heavy atom. The van der Waals surface area contributed by atoms with Gasteiger partial charge in [-0.15, -0.1) is 0 Å². The van der Waals surface area contributed by atoms with E-state index in [1.807, 2.05) is 0 Å². The molecule has 0 saturated heterocycles. The van der Waals surface area contributed by atoms with Crippen molar-refractivity contribution >= 4 is 17.4 Å². The summed E-state index contributed by atoms with van der Waals surface area (Å²) in [5, 5.41) is 2.67. The number of carbonyl (C=O) groups is 2. The lowest BCUT2D eigenvalue weighted by Crippen LogP contribution is -2.12. The molecule has 1 N–H and O–H groups in total. The highest BCUT2D eigenvalue weighted by atomic mass is 19.1. The molecule has 0 fully saturated rings. The van der Waals surface area contributed by atoms with Gasteiger partial charge in [0, 0.05) is 16.8 Å². The van der Waals surface area contributed by atoms with Gasteiger partial charge in [0.1, 0.15) is 0 Å². The van der Waals surface area contributed by atoms with E-state index in [9.17, 15) is 14.0 Å². The van der Waals surface area contributed by atoms with Crippen molar-refractivity contribution in [1.29, 1.82) is 0 Å². The number of ether oxygens (including phenoxy) is 1. The zero-order valence-corrected chi connectivity index (χ0v) is 11.6. The predicted molar refractivity (Wildman–Crippen MR) is 77.4 cm³/mol. The van der Waals surface area contributed by atoms with E-state index >= 15 is 0 Å². The topological polar surface area (TPSA) is 55.4 Å². The standard InChI is InChI=1S/C16H14FNO3/c1-10(19)11-3-6-13(7-4-11)18-16(20)12-5-8-14(17)15(9-12)21-2/h3-9H,1-2H3,(H,18,20). The first-order chi connectivity index (χ1) is 10.0. The average Bonchev–Trinajstić information content (AvgIpc) is 2.48. The van der Waals surface area contributed by atoms with Gasteiger partial charge in [-0.05, 0) is 49.4 Å². The molecule has 0 spiro atoms. The first-order valence-electron chi connectivity index (χ1n) is 6.27. The number of hydrogen-bond acceptors (Lipinski definition) is 3. The number of amides is 1. The number of methoxy groups -OCH3 is 1. The van der Waals surface area contributed by atoms with Gasteiger partial charge in [0.05, 0.1) is 7.11 Å². The molecule has 0 atom stereocenters. The predicted octanol–water partition coefficient (Wildman–Crippen LogP) is 3.29.